The molecule has 3 N–H and O–H groups in total. The predicted molar refractivity (Wildman–Crippen MR) is 93.5 cm³/mol. The summed E-state index contributed by atoms with van der Waals surface area (Å²) in [4.78, 5) is 0. The lowest BCUT2D eigenvalue weighted by Crippen LogP contribution is -2.35. The summed E-state index contributed by atoms with van der Waals surface area (Å²) in [5.41, 5.74) is 2.81. The first-order valence-corrected chi connectivity index (χ1v) is 8.06. The van der Waals surface area contributed by atoms with E-state index in [1.165, 1.54) is 0 Å². The molecule has 0 aliphatic carbocycles. The van der Waals surface area contributed by atoms with Crippen molar-refractivity contribution in [3.8, 4) is 11.3 Å². The molecule has 0 bridgehead atoms. The third-order valence-electron chi connectivity index (χ3n) is 4.11. The molecule has 1 aromatic carbocycles. The van der Waals surface area contributed by atoms with E-state index in [0.29, 0.717) is 13.1 Å². The number of H-pyrrole nitrogens is 1. The van der Waals surface area contributed by atoms with Crippen molar-refractivity contribution >= 4 is 0 Å². The molecule has 24 heavy (non-hydrogen) atoms. The van der Waals surface area contributed by atoms with Crippen molar-refractivity contribution in [2.75, 3.05) is 6.54 Å². The normalized spacial score (nSPS) is 13.8. The molecule has 0 aliphatic heterocycles. The van der Waals surface area contributed by atoms with Gasteiger partial charge in [0.1, 0.15) is 17.1 Å². The van der Waals surface area contributed by atoms with E-state index in [1.807, 2.05) is 56.3 Å². The number of hydrogen-bond acceptors (Lipinski definition) is 4. The standard InChI is InChI=1S/C19H23N3O2/c1-13-9-17(14(2)24-13)19(3,23)12-20-11-16-10-18(22-21-16)15-7-5-4-6-8-15/h4-10,20,23H,11-12H2,1-3H3,(H,21,22). The molecule has 3 aromatic rings. The van der Waals surface area contributed by atoms with Crippen molar-refractivity contribution in [2.45, 2.75) is 32.9 Å². The van der Waals surface area contributed by atoms with Crippen LogP contribution in [0.4, 0.5) is 0 Å². The van der Waals surface area contributed by atoms with Crippen molar-refractivity contribution < 1.29 is 9.52 Å². The number of rotatable bonds is 6. The largest absolute Gasteiger partial charge is 0.466 e. The van der Waals surface area contributed by atoms with Crippen molar-refractivity contribution in [3.05, 3.63) is 65.2 Å². The van der Waals surface area contributed by atoms with Gasteiger partial charge >= 0.3 is 0 Å². The molecule has 0 fully saturated rings. The Labute approximate surface area is 141 Å². The average molecular weight is 325 g/mol. The fourth-order valence-corrected chi connectivity index (χ4v) is 2.91. The summed E-state index contributed by atoms with van der Waals surface area (Å²) in [7, 11) is 0. The van der Waals surface area contributed by atoms with Crippen LogP contribution in [-0.2, 0) is 12.1 Å². The summed E-state index contributed by atoms with van der Waals surface area (Å²) in [5, 5.41) is 21.3. The van der Waals surface area contributed by atoms with Crippen LogP contribution >= 0.6 is 0 Å². The van der Waals surface area contributed by atoms with E-state index in [0.717, 1.165) is 34.0 Å². The van der Waals surface area contributed by atoms with E-state index >= 15 is 0 Å². The van der Waals surface area contributed by atoms with Crippen LogP contribution in [0.25, 0.3) is 11.3 Å². The van der Waals surface area contributed by atoms with Crippen molar-refractivity contribution in [1.82, 2.24) is 15.5 Å². The summed E-state index contributed by atoms with van der Waals surface area (Å²) in [6.45, 7) is 6.57. The SMILES string of the molecule is Cc1cc(C(C)(O)CNCc2cc(-c3ccccc3)n[nH]2)c(C)o1. The van der Waals surface area contributed by atoms with Crippen LogP contribution in [0, 0.1) is 13.8 Å². The molecule has 5 nitrogen and oxygen atoms in total. The molecule has 0 radical (unpaired) electrons. The lowest BCUT2D eigenvalue weighted by Gasteiger charge is -2.23. The maximum atomic E-state index is 10.7. The van der Waals surface area contributed by atoms with Crippen molar-refractivity contribution in [1.29, 1.82) is 0 Å². The van der Waals surface area contributed by atoms with E-state index < -0.39 is 5.60 Å². The van der Waals surface area contributed by atoms with Crippen LogP contribution in [0.15, 0.2) is 46.9 Å². The van der Waals surface area contributed by atoms with Crippen LogP contribution in [-0.4, -0.2) is 21.8 Å². The van der Waals surface area contributed by atoms with E-state index in [9.17, 15) is 5.11 Å². The molecule has 0 saturated carbocycles. The zero-order valence-corrected chi connectivity index (χ0v) is 14.3. The van der Waals surface area contributed by atoms with Gasteiger partial charge in [-0.2, -0.15) is 5.10 Å². The highest BCUT2D eigenvalue weighted by Crippen LogP contribution is 2.26. The summed E-state index contributed by atoms with van der Waals surface area (Å²) in [5.74, 6) is 1.57. The molecule has 0 saturated heterocycles. The highest BCUT2D eigenvalue weighted by molar-refractivity contribution is 5.58. The number of nitrogens with zero attached hydrogens (tertiary/aromatic N) is 1. The highest BCUT2D eigenvalue weighted by atomic mass is 16.3. The lowest BCUT2D eigenvalue weighted by atomic mass is 9.96. The van der Waals surface area contributed by atoms with Gasteiger partial charge in [0.2, 0.25) is 0 Å². The number of aliphatic hydroxyl groups is 1. The molecular formula is C19H23N3O2. The maximum absolute atomic E-state index is 10.7. The smallest absolute Gasteiger partial charge is 0.107 e. The monoisotopic (exact) mass is 325 g/mol. The third-order valence-corrected chi connectivity index (χ3v) is 4.11. The van der Waals surface area contributed by atoms with Gasteiger partial charge < -0.3 is 14.8 Å². The van der Waals surface area contributed by atoms with Crippen LogP contribution in [0.2, 0.25) is 0 Å². The van der Waals surface area contributed by atoms with E-state index in [4.69, 9.17) is 4.42 Å². The molecular weight excluding hydrogens is 302 g/mol. The Morgan fingerprint density at radius 2 is 1.96 bits per heavy atom. The average Bonchev–Trinajstić information content (AvgIpc) is 3.15. The van der Waals surface area contributed by atoms with Gasteiger partial charge in [0, 0.05) is 29.9 Å². The Morgan fingerprint density at radius 1 is 1.21 bits per heavy atom. The van der Waals surface area contributed by atoms with E-state index in [1.54, 1.807) is 6.92 Å². The number of hydrogen-bond donors (Lipinski definition) is 3. The number of benzene rings is 1. The van der Waals surface area contributed by atoms with Crippen molar-refractivity contribution in [3.63, 3.8) is 0 Å². The second kappa shape index (κ2) is 6.63. The quantitative estimate of drug-likeness (QED) is 0.650. The summed E-state index contributed by atoms with van der Waals surface area (Å²) < 4.78 is 5.51. The Bertz CT molecular complexity index is 803. The van der Waals surface area contributed by atoms with Crippen LogP contribution in [0.1, 0.15) is 29.7 Å². The molecule has 1 unspecified atom stereocenters. The Kier molecular flexibility index (Phi) is 4.55. The van der Waals surface area contributed by atoms with Gasteiger partial charge in [-0.1, -0.05) is 30.3 Å². The minimum atomic E-state index is -0.982. The van der Waals surface area contributed by atoms with Gasteiger partial charge in [0.25, 0.3) is 0 Å². The fraction of sp³-hybridized carbons (Fsp3) is 0.316. The van der Waals surface area contributed by atoms with Crippen molar-refractivity contribution in [2.24, 2.45) is 0 Å². The van der Waals surface area contributed by atoms with Gasteiger partial charge in [-0.25, -0.2) is 0 Å². The molecule has 0 spiro atoms. The van der Waals surface area contributed by atoms with E-state index in [2.05, 4.69) is 15.5 Å². The molecule has 2 heterocycles. The number of aromatic nitrogens is 2. The lowest BCUT2D eigenvalue weighted by molar-refractivity contribution is 0.0551. The number of furan rings is 1. The Balaban J connectivity index is 1.60. The number of aromatic amines is 1. The first-order chi connectivity index (χ1) is 11.5. The summed E-state index contributed by atoms with van der Waals surface area (Å²) >= 11 is 0. The first kappa shape index (κ1) is 16.5. The predicted octanol–water partition coefficient (Wildman–Crippen LogP) is 3.28. The molecule has 2 aromatic heterocycles. The van der Waals surface area contributed by atoms with Gasteiger partial charge in [-0.15, -0.1) is 0 Å². The van der Waals surface area contributed by atoms with E-state index in [-0.39, 0.29) is 0 Å². The van der Waals surface area contributed by atoms with Gasteiger partial charge in [0.15, 0.2) is 0 Å². The minimum absolute atomic E-state index is 0.423. The molecule has 0 amide bonds. The second-order valence-corrected chi connectivity index (χ2v) is 6.35. The van der Waals surface area contributed by atoms with Crippen LogP contribution < -0.4 is 5.32 Å². The Morgan fingerprint density at radius 3 is 2.62 bits per heavy atom. The fourth-order valence-electron chi connectivity index (χ4n) is 2.91. The number of nitrogens with one attached hydrogen (secondary N) is 2. The van der Waals surface area contributed by atoms with Gasteiger partial charge in [-0.05, 0) is 32.9 Å². The molecule has 0 aliphatic rings. The minimum Gasteiger partial charge on any atom is -0.466 e. The zero-order valence-electron chi connectivity index (χ0n) is 14.3. The molecule has 1 atom stereocenters. The third kappa shape index (κ3) is 3.58. The molecule has 126 valence electrons. The van der Waals surface area contributed by atoms with Gasteiger partial charge in [-0.3, -0.25) is 5.10 Å². The molecule has 5 heteroatoms. The Hall–Kier alpha value is -2.37. The topological polar surface area (TPSA) is 74.1 Å². The van der Waals surface area contributed by atoms with Gasteiger partial charge in [0.05, 0.1) is 5.69 Å². The zero-order chi connectivity index (χ0) is 17.2. The summed E-state index contributed by atoms with van der Waals surface area (Å²) in [6.07, 6.45) is 0. The second-order valence-electron chi connectivity index (χ2n) is 6.35. The first-order valence-electron chi connectivity index (χ1n) is 8.06. The molecule has 3 rings (SSSR count). The summed E-state index contributed by atoms with van der Waals surface area (Å²) in [6, 6.07) is 13.9. The maximum Gasteiger partial charge on any atom is 0.107 e. The van der Waals surface area contributed by atoms with Crippen LogP contribution in [0.5, 0.6) is 0 Å². The highest BCUT2D eigenvalue weighted by Gasteiger charge is 2.27. The number of aryl methyl sites for hydroxylation is 2. The van der Waals surface area contributed by atoms with Crippen LogP contribution in [0.3, 0.4) is 0 Å².